The van der Waals surface area contributed by atoms with Crippen LogP contribution in [0.2, 0.25) is 0 Å². The highest BCUT2D eigenvalue weighted by atomic mass is 32.2. The van der Waals surface area contributed by atoms with Crippen LogP contribution in [0, 0.1) is 13.8 Å². The fourth-order valence-electron chi connectivity index (χ4n) is 2.94. The van der Waals surface area contributed by atoms with Crippen LogP contribution in [0.4, 0.5) is 0 Å². The Morgan fingerprint density at radius 2 is 2.00 bits per heavy atom. The van der Waals surface area contributed by atoms with Crippen LogP contribution in [0.25, 0.3) is 0 Å². The molecule has 1 fully saturated rings. The minimum absolute atomic E-state index is 0.123. The molecule has 2 heterocycles. The van der Waals surface area contributed by atoms with Gasteiger partial charge in [0.25, 0.3) is 0 Å². The number of carboxylic acids is 1. The normalized spacial score (nSPS) is 20.1. The van der Waals surface area contributed by atoms with Gasteiger partial charge in [0.15, 0.2) is 5.16 Å². The summed E-state index contributed by atoms with van der Waals surface area (Å²) in [4.78, 5) is 32.2. The largest absolute Gasteiger partial charge is 0.481 e. The van der Waals surface area contributed by atoms with Gasteiger partial charge >= 0.3 is 5.97 Å². The van der Waals surface area contributed by atoms with Gasteiger partial charge in [0, 0.05) is 24.4 Å². The number of hydrogen-bond donors (Lipinski definition) is 2. The monoisotopic (exact) mass is 353 g/mol. The highest BCUT2D eigenvalue weighted by molar-refractivity contribution is 7.98. The van der Waals surface area contributed by atoms with Crippen LogP contribution in [-0.2, 0) is 20.7 Å². The fraction of sp³-hybridized carbons (Fsp3) is 0.625. The van der Waals surface area contributed by atoms with Gasteiger partial charge in [-0.05, 0) is 38.5 Å². The SMILES string of the molecule is CSc1nc(C)c(CCC(=O)NC2(CC(=O)O)CCOC2)c(C)n1. The lowest BCUT2D eigenvalue weighted by atomic mass is 9.93. The number of rotatable bonds is 7. The Hall–Kier alpha value is -1.67. The molecule has 2 rings (SSSR count). The number of hydrogen-bond acceptors (Lipinski definition) is 6. The van der Waals surface area contributed by atoms with Gasteiger partial charge in [0.05, 0.1) is 18.6 Å². The zero-order chi connectivity index (χ0) is 17.7. The number of amides is 1. The molecule has 2 N–H and O–H groups in total. The van der Waals surface area contributed by atoms with Crippen molar-refractivity contribution in [2.75, 3.05) is 19.5 Å². The molecule has 1 aromatic rings. The number of carboxylic acid groups (broad SMARTS) is 1. The first-order valence-corrected chi connectivity index (χ1v) is 9.06. The lowest BCUT2D eigenvalue weighted by Gasteiger charge is -2.27. The molecule has 132 valence electrons. The summed E-state index contributed by atoms with van der Waals surface area (Å²) in [6, 6.07) is 0. The minimum Gasteiger partial charge on any atom is -0.481 e. The van der Waals surface area contributed by atoms with Crippen molar-refractivity contribution in [1.82, 2.24) is 15.3 Å². The molecule has 7 nitrogen and oxygen atoms in total. The van der Waals surface area contributed by atoms with Crippen LogP contribution in [0.3, 0.4) is 0 Å². The van der Waals surface area contributed by atoms with E-state index in [1.807, 2.05) is 20.1 Å². The van der Waals surface area contributed by atoms with Gasteiger partial charge in [-0.3, -0.25) is 9.59 Å². The molecule has 1 aromatic heterocycles. The van der Waals surface area contributed by atoms with E-state index in [0.717, 1.165) is 22.1 Å². The van der Waals surface area contributed by atoms with Crippen LogP contribution in [0.5, 0.6) is 0 Å². The standard InChI is InChI=1S/C16H23N3O4S/c1-10-12(11(2)18-15(17-10)24-3)4-5-13(20)19-16(8-14(21)22)6-7-23-9-16/h4-9H2,1-3H3,(H,19,20)(H,21,22). The maximum atomic E-state index is 12.3. The Bertz CT molecular complexity index is 607. The zero-order valence-corrected chi connectivity index (χ0v) is 15.0. The molecule has 24 heavy (non-hydrogen) atoms. The van der Waals surface area contributed by atoms with E-state index in [0.29, 0.717) is 19.4 Å². The van der Waals surface area contributed by atoms with E-state index in [4.69, 9.17) is 9.84 Å². The van der Waals surface area contributed by atoms with E-state index in [-0.39, 0.29) is 25.4 Å². The number of thioether (sulfide) groups is 1. The third-order valence-corrected chi connectivity index (χ3v) is 4.73. The number of nitrogens with zero attached hydrogens (tertiary/aromatic N) is 2. The van der Waals surface area contributed by atoms with E-state index >= 15 is 0 Å². The molecule has 0 aromatic carbocycles. The summed E-state index contributed by atoms with van der Waals surface area (Å²) in [5.74, 6) is -1.11. The molecule has 1 saturated heterocycles. The van der Waals surface area contributed by atoms with E-state index in [2.05, 4.69) is 15.3 Å². The van der Waals surface area contributed by atoms with E-state index in [9.17, 15) is 9.59 Å². The Morgan fingerprint density at radius 1 is 1.33 bits per heavy atom. The molecule has 1 unspecified atom stereocenters. The van der Waals surface area contributed by atoms with Crippen molar-refractivity contribution in [3.05, 3.63) is 17.0 Å². The maximum Gasteiger partial charge on any atom is 0.305 e. The molecule has 0 bridgehead atoms. The van der Waals surface area contributed by atoms with Crippen molar-refractivity contribution >= 4 is 23.6 Å². The van der Waals surface area contributed by atoms with Gasteiger partial charge in [-0.25, -0.2) is 9.97 Å². The molecule has 1 aliphatic rings. The summed E-state index contributed by atoms with van der Waals surface area (Å²) in [6.07, 6.45) is 3.12. The molecule has 1 amide bonds. The number of ether oxygens (including phenoxy) is 1. The van der Waals surface area contributed by atoms with Gasteiger partial charge in [0.1, 0.15) is 0 Å². The Morgan fingerprint density at radius 3 is 2.50 bits per heavy atom. The summed E-state index contributed by atoms with van der Waals surface area (Å²) in [5.41, 5.74) is 1.94. The lowest BCUT2D eigenvalue weighted by Crippen LogP contribution is -2.50. The summed E-state index contributed by atoms with van der Waals surface area (Å²) < 4.78 is 5.29. The number of aryl methyl sites for hydroxylation is 2. The van der Waals surface area contributed by atoms with Crippen LogP contribution >= 0.6 is 11.8 Å². The molecule has 0 spiro atoms. The molecule has 0 radical (unpaired) electrons. The average molecular weight is 353 g/mol. The quantitative estimate of drug-likeness (QED) is 0.566. The first kappa shape index (κ1) is 18.7. The fourth-order valence-corrected chi connectivity index (χ4v) is 3.39. The molecule has 1 aliphatic heterocycles. The number of nitrogens with one attached hydrogen (secondary N) is 1. The van der Waals surface area contributed by atoms with Crippen molar-refractivity contribution in [3.8, 4) is 0 Å². The lowest BCUT2D eigenvalue weighted by molar-refractivity contribution is -0.139. The second kappa shape index (κ2) is 7.94. The average Bonchev–Trinajstić information content (AvgIpc) is 2.93. The Balaban J connectivity index is 1.99. The van der Waals surface area contributed by atoms with Gasteiger partial charge in [-0.1, -0.05) is 11.8 Å². The molecular formula is C16H23N3O4S. The van der Waals surface area contributed by atoms with E-state index < -0.39 is 11.5 Å². The van der Waals surface area contributed by atoms with Gasteiger partial charge in [-0.2, -0.15) is 0 Å². The highest BCUT2D eigenvalue weighted by Crippen LogP contribution is 2.23. The highest BCUT2D eigenvalue weighted by Gasteiger charge is 2.38. The Kier molecular flexibility index (Phi) is 6.17. The molecule has 0 saturated carbocycles. The topological polar surface area (TPSA) is 101 Å². The zero-order valence-electron chi connectivity index (χ0n) is 14.2. The van der Waals surface area contributed by atoms with E-state index in [1.54, 1.807) is 0 Å². The molecule has 0 aliphatic carbocycles. The third kappa shape index (κ3) is 4.67. The number of carbonyl (C=O) groups excluding carboxylic acids is 1. The second-order valence-corrected chi connectivity index (χ2v) is 6.83. The first-order chi connectivity index (χ1) is 11.3. The summed E-state index contributed by atoms with van der Waals surface area (Å²) in [6.45, 7) is 4.54. The molecule has 1 atom stereocenters. The van der Waals surface area contributed by atoms with Gasteiger partial charge in [0.2, 0.25) is 5.91 Å². The van der Waals surface area contributed by atoms with Crippen molar-refractivity contribution in [2.24, 2.45) is 0 Å². The summed E-state index contributed by atoms with van der Waals surface area (Å²) in [7, 11) is 0. The predicted octanol–water partition coefficient (Wildman–Crippen LogP) is 1.50. The maximum absolute atomic E-state index is 12.3. The number of aromatic nitrogens is 2. The van der Waals surface area contributed by atoms with Crippen molar-refractivity contribution < 1.29 is 19.4 Å². The number of aliphatic carboxylic acids is 1. The van der Waals surface area contributed by atoms with Crippen molar-refractivity contribution in [1.29, 1.82) is 0 Å². The molecule has 8 heteroatoms. The van der Waals surface area contributed by atoms with Crippen molar-refractivity contribution in [2.45, 2.75) is 50.2 Å². The van der Waals surface area contributed by atoms with E-state index in [1.165, 1.54) is 11.8 Å². The summed E-state index contributed by atoms with van der Waals surface area (Å²) in [5, 5.41) is 12.6. The van der Waals surface area contributed by atoms with Gasteiger partial charge in [-0.15, -0.1) is 0 Å². The Labute approximate surface area is 145 Å². The van der Waals surface area contributed by atoms with Gasteiger partial charge < -0.3 is 15.2 Å². The minimum atomic E-state index is -0.937. The van der Waals surface area contributed by atoms with Crippen LogP contribution in [0.15, 0.2) is 5.16 Å². The van der Waals surface area contributed by atoms with Crippen molar-refractivity contribution in [3.63, 3.8) is 0 Å². The first-order valence-electron chi connectivity index (χ1n) is 7.84. The van der Waals surface area contributed by atoms with Crippen LogP contribution < -0.4 is 5.32 Å². The molecular weight excluding hydrogens is 330 g/mol. The van der Waals surface area contributed by atoms with Crippen LogP contribution in [0.1, 0.15) is 36.2 Å². The number of carbonyl (C=O) groups is 2. The smallest absolute Gasteiger partial charge is 0.305 e. The third-order valence-electron chi connectivity index (χ3n) is 4.18. The van der Waals surface area contributed by atoms with Crippen LogP contribution in [-0.4, -0.2) is 52.0 Å². The second-order valence-electron chi connectivity index (χ2n) is 6.06. The summed E-state index contributed by atoms with van der Waals surface area (Å²) >= 11 is 1.49. The predicted molar refractivity (Wildman–Crippen MR) is 90.2 cm³/mol.